The molecule has 0 atom stereocenters. The summed E-state index contributed by atoms with van der Waals surface area (Å²) < 4.78 is 21.3. The maximum absolute atomic E-state index is 13.1. The molecule has 1 heterocycles. The van der Waals surface area contributed by atoms with Gasteiger partial charge in [-0.05, 0) is 30.5 Å². The molecule has 10 heteroatoms. The molecule has 0 bridgehead atoms. The Morgan fingerprint density at radius 2 is 1.85 bits per heavy atom. The molecule has 0 unspecified atom stereocenters. The summed E-state index contributed by atoms with van der Waals surface area (Å²) >= 11 is 6.04. The molecule has 1 aliphatic rings. The standard InChI is InChI=1S/C23H27ClN2O7/c1-30-11-12-33-21-14-19(26(28)29)18(13-20(21)31-2)22(27)25-15-23(7-9-32-10-8-23)16-3-5-17(24)6-4-16/h3-6,13-14H,7-12,15H2,1-2H3,(H,25,27). The van der Waals surface area contributed by atoms with E-state index >= 15 is 0 Å². The summed E-state index contributed by atoms with van der Waals surface area (Å²) in [5.74, 6) is -0.177. The summed E-state index contributed by atoms with van der Waals surface area (Å²) in [5, 5.41) is 15.2. The summed E-state index contributed by atoms with van der Waals surface area (Å²) in [6, 6.07) is 10.0. The van der Waals surface area contributed by atoms with Gasteiger partial charge in [-0.15, -0.1) is 0 Å². The Hall–Kier alpha value is -2.88. The molecule has 0 aromatic heterocycles. The minimum absolute atomic E-state index is 0.103. The first kappa shape index (κ1) is 24.8. The van der Waals surface area contributed by atoms with Gasteiger partial charge in [0, 0.05) is 43.4 Å². The van der Waals surface area contributed by atoms with E-state index in [-0.39, 0.29) is 34.8 Å². The zero-order valence-corrected chi connectivity index (χ0v) is 19.4. The van der Waals surface area contributed by atoms with Crippen molar-refractivity contribution in [2.45, 2.75) is 18.3 Å². The highest BCUT2D eigenvalue weighted by Crippen LogP contribution is 2.37. The summed E-state index contributed by atoms with van der Waals surface area (Å²) in [5.41, 5.74) is 0.201. The highest BCUT2D eigenvalue weighted by molar-refractivity contribution is 6.30. The van der Waals surface area contributed by atoms with Crippen LogP contribution in [0.15, 0.2) is 36.4 Å². The van der Waals surface area contributed by atoms with Crippen molar-refractivity contribution in [2.24, 2.45) is 0 Å². The number of amides is 1. The monoisotopic (exact) mass is 478 g/mol. The molecule has 1 amide bonds. The maximum atomic E-state index is 13.1. The zero-order chi connectivity index (χ0) is 23.8. The van der Waals surface area contributed by atoms with Gasteiger partial charge in [0.25, 0.3) is 11.6 Å². The Balaban J connectivity index is 1.85. The van der Waals surface area contributed by atoms with Crippen LogP contribution in [0.25, 0.3) is 0 Å². The third-order valence-corrected chi connectivity index (χ3v) is 6.01. The predicted octanol–water partition coefficient (Wildman–Crippen LogP) is 3.76. The highest BCUT2D eigenvalue weighted by atomic mass is 35.5. The topological polar surface area (TPSA) is 109 Å². The van der Waals surface area contributed by atoms with E-state index in [2.05, 4.69) is 5.32 Å². The molecule has 1 aliphatic heterocycles. The number of hydrogen-bond acceptors (Lipinski definition) is 7. The fourth-order valence-corrected chi connectivity index (χ4v) is 3.99. The molecule has 1 saturated heterocycles. The average molecular weight is 479 g/mol. The second-order valence-corrected chi connectivity index (χ2v) is 8.14. The van der Waals surface area contributed by atoms with Gasteiger partial charge in [0.15, 0.2) is 11.5 Å². The van der Waals surface area contributed by atoms with Gasteiger partial charge in [0.2, 0.25) is 0 Å². The SMILES string of the molecule is COCCOc1cc([N+](=O)[O-])c(C(=O)NCC2(c3ccc(Cl)cc3)CCOCC2)cc1OC. The Kier molecular flexibility index (Phi) is 8.49. The lowest BCUT2D eigenvalue weighted by Gasteiger charge is -2.38. The molecule has 0 radical (unpaired) electrons. The molecule has 2 aromatic rings. The van der Waals surface area contributed by atoms with Crippen LogP contribution in [0.4, 0.5) is 5.69 Å². The van der Waals surface area contributed by atoms with Gasteiger partial charge in [-0.25, -0.2) is 0 Å². The Morgan fingerprint density at radius 3 is 2.45 bits per heavy atom. The van der Waals surface area contributed by atoms with E-state index < -0.39 is 10.8 Å². The molecule has 178 valence electrons. The van der Waals surface area contributed by atoms with Crippen molar-refractivity contribution in [1.82, 2.24) is 5.32 Å². The minimum Gasteiger partial charge on any atom is -0.493 e. The minimum atomic E-state index is -0.610. The van der Waals surface area contributed by atoms with Crippen molar-refractivity contribution in [3.63, 3.8) is 0 Å². The number of hydrogen-bond donors (Lipinski definition) is 1. The first-order valence-electron chi connectivity index (χ1n) is 10.5. The third-order valence-electron chi connectivity index (χ3n) is 5.76. The van der Waals surface area contributed by atoms with Gasteiger partial charge in [-0.1, -0.05) is 23.7 Å². The third kappa shape index (κ3) is 5.93. The van der Waals surface area contributed by atoms with Crippen molar-refractivity contribution < 1.29 is 28.7 Å². The number of rotatable bonds is 10. The van der Waals surface area contributed by atoms with Crippen molar-refractivity contribution in [1.29, 1.82) is 0 Å². The molecule has 0 saturated carbocycles. The molecule has 0 spiro atoms. The molecule has 1 N–H and O–H groups in total. The number of nitrogens with zero attached hydrogens (tertiary/aromatic N) is 1. The van der Waals surface area contributed by atoms with Crippen molar-refractivity contribution in [3.05, 3.63) is 62.7 Å². The number of methoxy groups -OCH3 is 2. The van der Waals surface area contributed by atoms with Gasteiger partial charge >= 0.3 is 0 Å². The smallest absolute Gasteiger partial charge is 0.286 e. The Bertz CT molecular complexity index is 976. The molecule has 9 nitrogen and oxygen atoms in total. The summed E-state index contributed by atoms with van der Waals surface area (Å²) in [4.78, 5) is 24.2. The van der Waals surface area contributed by atoms with Crippen LogP contribution in [0.3, 0.4) is 0 Å². The van der Waals surface area contributed by atoms with Gasteiger partial charge in [-0.2, -0.15) is 0 Å². The number of ether oxygens (including phenoxy) is 4. The van der Waals surface area contributed by atoms with Gasteiger partial charge in [-0.3, -0.25) is 14.9 Å². The lowest BCUT2D eigenvalue weighted by atomic mass is 9.74. The van der Waals surface area contributed by atoms with Crippen molar-refractivity contribution in [3.8, 4) is 11.5 Å². The van der Waals surface area contributed by atoms with Crippen LogP contribution in [0, 0.1) is 10.1 Å². The first-order valence-corrected chi connectivity index (χ1v) is 10.9. The number of nitrogens with one attached hydrogen (secondary N) is 1. The lowest BCUT2D eigenvalue weighted by Crippen LogP contribution is -2.44. The van der Waals surface area contributed by atoms with E-state index in [1.54, 1.807) is 0 Å². The van der Waals surface area contributed by atoms with E-state index in [0.717, 1.165) is 5.56 Å². The molecular weight excluding hydrogens is 452 g/mol. The van der Waals surface area contributed by atoms with Crippen LogP contribution < -0.4 is 14.8 Å². The number of carbonyl (C=O) groups excluding carboxylic acids is 1. The van der Waals surface area contributed by atoms with Crippen molar-refractivity contribution >= 4 is 23.2 Å². The normalized spacial score (nSPS) is 15.0. The number of halogens is 1. The maximum Gasteiger partial charge on any atom is 0.286 e. The fourth-order valence-electron chi connectivity index (χ4n) is 3.87. The van der Waals surface area contributed by atoms with Gasteiger partial charge in [0.1, 0.15) is 12.2 Å². The number of nitro groups is 1. The van der Waals surface area contributed by atoms with Crippen LogP contribution in [0.1, 0.15) is 28.8 Å². The van der Waals surface area contributed by atoms with E-state index in [4.69, 9.17) is 30.5 Å². The highest BCUT2D eigenvalue weighted by Gasteiger charge is 2.35. The van der Waals surface area contributed by atoms with Crippen LogP contribution in [0.5, 0.6) is 11.5 Å². The summed E-state index contributed by atoms with van der Waals surface area (Å²) in [7, 11) is 2.93. The van der Waals surface area contributed by atoms with Gasteiger partial charge < -0.3 is 24.3 Å². The summed E-state index contributed by atoms with van der Waals surface area (Å²) in [6.07, 6.45) is 1.40. The molecule has 3 rings (SSSR count). The van der Waals surface area contributed by atoms with Crippen LogP contribution in [-0.4, -0.2) is 58.0 Å². The fraction of sp³-hybridized carbons (Fsp3) is 0.435. The van der Waals surface area contributed by atoms with Gasteiger partial charge in [0.05, 0.1) is 24.7 Å². The number of benzene rings is 2. The van der Waals surface area contributed by atoms with Crippen LogP contribution in [-0.2, 0) is 14.9 Å². The average Bonchev–Trinajstić information content (AvgIpc) is 2.83. The summed E-state index contributed by atoms with van der Waals surface area (Å²) in [6.45, 7) is 1.89. The quantitative estimate of drug-likeness (QED) is 0.314. The van der Waals surface area contributed by atoms with Crippen molar-refractivity contribution in [2.75, 3.05) is 47.2 Å². The van der Waals surface area contributed by atoms with E-state index in [9.17, 15) is 14.9 Å². The molecule has 2 aromatic carbocycles. The predicted molar refractivity (Wildman–Crippen MR) is 123 cm³/mol. The largest absolute Gasteiger partial charge is 0.493 e. The van der Waals surface area contributed by atoms with E-state index in [0.29, 0.717) is 44.2 Å². The second-order valence-electron chi connectivity index (χ2n) is 7.70. The molecular formula is C23H27ClN2O7. The molecule has 0 aliphatic carbocycles. The zero-order valence-electron chi connectivity index (χ0n) is 18.6. The Morgan fingerprint density at radius 1 is 1.15 bits per heavy atom. The lowest BCUT2D eigenvalue weighted by molar-refractivity contribution is -0.385. The Labute approximate surface area is 197 Å². The van der Waals surface area contributed by atoms with Crippen LogP contribution in [0.2, 0.25) is 5.02 Å². The second kappa shape index (κ2) is 11.3. The van der Waals surface area contributed by atoms with E-state index in [1.807, 2.05) is 24.3 Å². The van der Waals surface area contributed by atoms with E-state index in [1.165, 1.54) is 26.4 Å². The molecule has 1 fully saturated rings. The number of carbonyl (C=O) groups is 1. The first-order chi connectivity index (χ1) is 15.9. The van der Waals surface area contributed by atoms with Crippen LogP contribution >= 0.6 is 11.6 Å². The molecule has 33 heavy (non-hydrogen) atoms. The number of nitro benzene ring substituents is 1.